The Kier molecular flexibility index (Phi) is 3.01. The molecule has 6 nitrogen and oxygen atoms in total. The van der Waals surface area contributed by atoms with Gasteiger partial charge in [-0.15, -0.1) is 0 Å². The third-order valence-corrected chi connectivity index (χ3v) is 2.17. The lowest BCUT2D eigenvalue weighted by atomic mass is 10.2. The van der Waals surface area contributed by atoms with Crippen LogP contribution in [-0.4, -0.2) is 26.3 Å². The molecule has 92 valence electrons. The summed E-state index contributed by atoms with van der Waals surface area (Å²) < 4.78 is 4.97. The second-order valence-electron chi connectivity index (χ2n) is 3.44. The van der Waals surface area contributed by atoms with Crippen LogP contribution in [0.5, 0.6) is 23.0 Å². The van der Waals surface area contributed by atoms with Crippen LogP contribution in [0.1, 0.15) is 10.4 Å². The summed E-state index contributed by atoms with van der Waals surface area (Å²) in [5.41, 5.74) is -0.0837. The van der Waals surface area contributed by atoms with Crippen molar-refractivity contribution in [2.45, 2.75) is 0 Å². The summed E-state index contributed by atoms with van der Waals surface area (Å²) in [5, 5.41) is 27.7. The topological polar surface area (TPSA) is 99.9 Å². The van der Waals surface area contributed by atoms with Crippen LogP contribution in [0.4, 0.5) is 0 Å². The van der Waals surface area contributed by atoms with E-state index in [1.165, 1.54) is 24.5 Å². The Morgan fingerprint density at radius 1 is 1.06 bits per heavy atom. The Morgan fingerprint density at radius 2 is 1.61 bits per heavy atom. The first-order valence-corrected chi connectivity index (χ1v) is 4.95. The fourth-order valence-electron chi connectivity index (χ4n) is 1.29. The number of nitrogens with zero attached hydrogens (tertiary/aromatic N) is 1. The average Bonchev–Trinajstić information content (AvgIpc) is 2.36. The summed E-state index contributed by atoms with van der Waals surface area (Å²) >= 11 is 0. The molecule has 1 heterocycles. The first-order chi connectivity index (χ1) is 8.58. The van der Waals surface area contributed by atoms with Gasteiger partial charge in [-0.05, 0) is 24.3 Å². The molecule has 1 aromatic carbocycles. The van der Waals surface area contributed by atoms with Crippen molar-refractivity contribution in [3.8, 4) is 23.0 Å². The van der Waals surface area contributed by atoms with Gasteiger partial charge in [0.05, 0.1) is 5.56 Å². The van der Waals surface area contributed by atoms with Crippen LogP contribution in [-0.2, 0) is 0 Å². The maximum absolute atomic E-state index is 11.7. The van der Waals surface area contributed by atoms with Gasteiger partial charge in [0.1, 0.15) is 5.75 Å². The number of pyridine rings is 1. The highest BCUT2D eigenvalue weighted by molar-refractivity contribution is 5.92. The van der Waals surface area contributed by atoms with Crippen molar-refractivity contribution in [2.75, 3.05) is 0 Å². The summed E-state index contributed by atoms with van der Waals surface area (Å²) in [5.74, 6) is -2.38. The quantitative estimate of drug-likeness (QED) is 0.548. The molecular weight excluding hydrogens is 238 g/mol. The first-order valence-electron chi connectivity index (χ1n) is 4.95. The highest BCUT2D eigenvalue weighted by Gasteiger charge is 2.15. The lowest BCUT2D eigenvalue weighted by Crippen LogP contribution is -2.08. The van der Waals surface area contributed by atoms with E-state index in [0.717, 1.165) is 12.1 Å². The number of hydrogen-bond acceptors (Lipinski definition) is 6. The minimum Gasteiger partial charge on any atom is -0.504 e. The van der Waals surface area contributed by atoms with Gasteiger partial charge in [0.25, 0.3) is 0 Å². The SMILES string of the molecule is O=C(Oc1ccncc1)c1cc(O)c(O)c(O)c1. The summed E-state index contributed by atoms with van der Waals surface area (Å²) in [6.07, 6.45) is 2.91. The highest BCUT2D eigenvalue weighted by Crippen LogP contribution is 2.35. The molecule has 1 aromatic heterocycles. The molecular formula is C12H9NO5. The summed E-state index contributed by atoms with van der Waals surface area (Å²) in [6, 6.07) is 4.97. The predicted octanol–water partition coefficient (Wildman–Crippen LogP) is 1.42. The van der Waals surface area contributed by atoms with Crippen LogP contribution in [0.2, 0.25) is 0 Å². The number of hydrogen-bond donors (Lipinski definition) is 3. The van der Waals surface area contributed by atoms with Crippen molar-refractivity contribution in [1.82, 2.24) is 4.98 Å². The van der Waals surface area contributed by atoms with Gasteiger partial charge in [0.2, 0.25) is 0 Å². The van der Waals surface area contributed by atoms with E-state index in [1.807, 2.05) is 0 Å². The molecule has 2 rings (SSSR count). The molecule has 0 unspecified atom stereocenters. The Balaban J connectivity index is 2.25. The zero-order valence-electron chi connectivity index (χ0n) is 9.07. The maximum atomic E-state index is 11.7. The van der Waals surface area contributed by atoms with Crippen LogP contribution < -0.4 is 4.74 Å². The molecule has 0 bridgehead atoms. The molecule has 18 heavy (non-hydrogen) atoms. The lowest BCUT2D eigenvalue weighted by molar-refractivity contribution is 0.0733. The molecule has 0 radical (unpaired) electrons. The molecule has 0 atom stereocenters. The number of esters is 1. The Labute approximate surface area is 102 Å². The second-order valence-corrected chi connectivity index (χ2v) is 3.44. The number of phenols is 3. The predicted molar refractivity (Wildman–Crippen MR) is 60.6 cm³/mol. The van der Waals surface area contributed by atoms with Crippen LogP contribution in [0.25, 0.3) is 0 Å². The van der Waals surface area contributed by atoms with Crippen LogP contribution in [0, 0.1) is 0 Å². The van der Waals surface area contributed by atoms with Crippen LogP contribution >= 0.6 is 0 Å². The largest absolute Gasteiger partial charge is 0.504 e. The van der Waals surface area contributed by atoms with E-state index in [0.29, 0.717) is 0 Å². The third kappa shape index (κ3) is 2.32. The molecule has 0 saturated heterocycles. The minimum atomic E-state index is -0.771. The van der Waals surface area contributed by atoms with E-state index in [4.69, 9.17) is 9.84 Å². The van der Waals surface area contributed by atoms with Gasteiger partial charge in [0.15, 0.2) is 17.2 Å². The van der Waals surface area contributed by atoms with Crippen molar-refractivity contribution < 1.29 is 24.9 Å². The molecule has 0 aliphatic carbocycles. The summed E-state index contributed by atoms with van der Waals surface area (Å²) in [6.45, 7) is 0. The molecule has 0 spiro atoms. The Morgan fingerprint density at radius 3 is 2.17 bits per heavy atom. The number of aromatic hydroxyl groups is 3. The number of phenolic OH excluding ortho intramolecular Hbond substituents is 3. The standard InChI is InChI=1S/C12H9NO5/c14-9-5-7(6-10(15)11(9)16)12(17)18-8-1-3-13-4-2-8/h1-6,14-16H. The smallest absolute Gasteiger partial charge is 0.343 e. The molecule has 0 amide bonds. The van der Waals surface area contributed by atoms with Crippen molar-refractivity contribution in [3.05, 3.63) is 42.2 Å². The number of carbonyl (C=O) groups is 1. The van der Waals surface area contributed by atoms with E-state index < -0.39 is 23.2 Å². The number of carbonyl (C=O) groups excluding carboxylic acids is 1. The monoisotopic (exact) mass is 247 g/mol. The van der Waals surface area contributed by atoms with E-state index in [2.05, 4.69) is 4.98 Å². The van der Waals surface area contributed by atoms with Crippen molar-refractivity contribution in [3.63, 3.8) is 0 Å². The van der Waals surface area contributed by atoms with E-state index >= 15 is 0 Å². The van der Waals surface area contributed by atoms with Crippen LogP contribution in [0.15, 0.2) is 36.7 Å². The summed E-state index contributed by atoms with van der Waals surface area (Å²) in [7, 11) is 0. The van der Waals surface area contributed by atoms with Gasteiger partial charge >= 0.3 is 5.97 Å². The molecule has 3 N–H and O–H groups in total. The van der Waals surface area contributed by atoms with Gasteiger partial charge in [-0.25, -0.2) is 4.79 Å². The second kappa shape index (κ2) is 4.62. The normalized spacial score (nSPS) is 10.0. The maximum Gasteiger partial charge on any atom is 0.343 e. The minimum absolute atomic E-state index is 0.0837. The number of ether oxygens (including phenoxy) is 1. The number of aromatic nitrogens is 1. The van der Waals surface area contributed by atoms with Gasteiger partial charge in [-0.1, -0.05) is 0 Å². The lowest BCUT2D eigenvalue weighted by Gasteiger charge is -2.06. The van der Waals surface area contributed by atoms with Crippen molar-refractivity contribution in [1.29, 1.82) is 0 Å². The summed E-state index contributed by atoms with van der Waals surface area (Å²) in [4.78, 5) is 15.4. The highest BCUT2D eigenvalue weighted by atomic mass is 16.5. The third-order valence-electron chi connectivity index (χ3n) is 2.17. The number of rotatable bonds is 2. The fraction of sp³-hybridized carbons (Fsp3) is 0. The van der Waals surface area contributed by atoms with Gasteiger partial charge in [-0.2, -0.15) is 0 Å². The first kappa shape index (κ1) is 11.7. The van der Waals surface area contributed by atoms with Gasteiger partial charge in [0, 0.05) is 12.4 Å². The van der Waals surface area contributed by atoms with E-state index in [-0.39, 0.29) is 11.3 Å². The van der Waals surface area contributed by atoms with Crippen LogP contribution in [0.3, 0.4) is 0 Å². The van der Waals surface area contributed by atoms with Gasteiger partial charge < -0.3 is 20.1 Å². The molecule has 6 heteroatoms. The van der Waals surface area contributed by atoms with Crippen molar-refractivity contribution in [2.24, 2.45) is 0 Å². The molecule has 0 fully saturated rings. The molecule has 0 aliphatic heterocycles. The zero-order valence-corrected chi connectivity index (χ0v) is 9.07. The van der Waals surface area contributed by atoms with E-state index in [1.54, 1.807) is 0 Å². The Bertz CT molecular complexity index is 559. The zero-order chi connectivity index (χ0) is 13.1. The Hall–Kier alpha value is -2.76. The van der Waals surface area contributed by atoms with Gasteiger partial charge in [-0.3, -0.25) is 4.98 Å². The molecule has 0 aliphatic rings. The number of benzene rings is 1. The average molecular weight is 247 g/mol. The molecule has 2 aromatic rings. The van der Waals surface area contributed by atoms with E-state index in [9.17, 15) is 15.0 Å². The van der Waals surface area contributed by atoms with Crippen molar-refractivity contribution >= 4 is 5.97 Å². The molecule has 0 saturated carbocycles. The fourth-order valence-corrected chi connectivity index (χ4v) is 1.29.